The van der Waals surface area contributed by atoms with Gasteiger partial charge in [-0.2, -0.15) is 0 Å². The van der Waals surface area contributed by atoms with Gasteiger partial charge in [0.15, 0.2) is 5.89 Å². The number of carbonyl (C=O) groups excluding carboxylic acids is 1. The molecule has 1 heterocycles. The first-order chi connectivity index (χ1) is 9.29. The second kappa shape index (κ2) is 6.55. The maximum absolute atomic E-state index is 12.2. The van der Waals surface area contributed by atoms with Gasteiger partial charge in [0, 0.05) is 18.5 Å². The Hall–Kier alpha value is -1.84. The third-order valence-electron chi connectivity index (χ3n) is 2.90. The van der Waals surface area contributed by atoms with Crippen molar-refractivity contribution >= 4 is 5.91 Å². The van der Waals surface area contributed by atoms with Gasteiger partial charge in [0.1, 0.15) is 5.76 Å². The fourth-order valence-corrected chi connectivity index (χ4v) is 1.75. The Morgan fingerprint density at radius 1 is 1.30 bits per heavy atom. The van der Waals surface area contributed by atoms with Crippen molar-refractivity contribution in [2.75, 3.05) is 13.1 Å². The van der Waals surface area contributed by atoms with E-state index >= 15 is 0 Å². The lowest BCUT2D eigenvalue weighted by atomic mass is 9.97. The first kappa shape index (κ1) is 16.2. The summed E-state index contributed by atoms with van der Waals surface area (Å²) in [7, 11) is 0. The molecule has 0 unspecified atom stereocenters. The molecule has 0 spiro atoms. The number of nitrogens with zero attached hydrogens (tertiary/aromatic N) is 2. The average Bonchev–Trinajstić information content (AvgIpc) is 2.70. The van der Waals surface area contributed by atoms with Crippen LogP contribution >= 0.6 is 0 Å². The molecule has 1 aromatic heterocycles. The van der Waals surface area contributed by atoms with Gasteiger partial charge in [0.25, 0.3) is 0 Å². The zero-order valence-corrected chi connectivity index (χ0v) is 12.9. The number of hydrogen-bond acceptors (Lipinski definition) is 3. The fraction of sp³-hybridized carbons (Fsp3) is 0.500. The molecule has 0 atom stereocenters. The number of aromatic nitrogens is 1. The molecule has 0 saturated heterocycles. The van der Waals surface area contributed by atoms with Crippen molar-refractivity contribution in [3.05, 3.63) is 42.7 Å². The fourth-order valence-electron chi connectivity index (χ4n) is 1.75. The highest BCUT2D eigenvalue weighted by atomic mass is 16.4. The number of rotatable bonds is 6. The lowest BCUT2D eigenvalue weighted by Crippen LogP contribution is -2.32. The Morgan fingerprint density at radius 3 is 2.25 bits per heavy atom. The smallest absolute Gasteiger partial charge is 0.230 e. The molecular formula is C16H24N2O2. The van der Waals surface area contributed by atoms with E-state index < -0.39 is 0 Å². The van der Waals surface area contributed by atoms with Crippen molar-refractivity contribution in [2.24, 2.45) is 0 Å². The van der Waals surface area contributed by atoms with Crippen LogP contribution in [0.1, 0.15) is 38.1 Å². The van der Waals surface area contributed by atoms with Crippen molar-refractivity contribution < 1.29 is 9.21 Å². The van der Waals surface area contributed by atoms with Crippen molar-refractivity contribution in [3.8, 4) is 0 Å². The quantitative estimate of drug-likeness (QED) is 0.750. The van der Waals surface area contributed by atoms with E-state index in [0.29, 0.717) is 24.7 Å². The third kappa shape index (κ3) is 4.08. The average molecular weight is 276 g/mol. The topological polar surface area (TPSA) is 46.3 Å². The second-order valence-electron chi connectivity index (χ2n) is 5.83. The Labute approximate surface area is 121 Å². The summed E-state index contributed by atoms with van der Waals surface area (Å²) in [5.74, 6) is 1.29. The lowest BCUT2D eigenvalue weighted by molar-refractivity contribution is -0.129. The highest BCUT2D eigenvalue weighted by Gasteiger charge is 2.24. The zero-order valence-electron chi connectivity index (χ0n) is 12.9. The van der Waals surface area contributed by atoms with Crippen LogP contribution in [0, 0.1) is 6.92 Å². The molecule has 4 nitrogen and oxygen atoms in total. The van der Waals surface area contributed by atoms with Crippen molar-refractivity contribution in [1.82, 2.24) is 9.88 Å². The summed E-state index contributed by atoms with van der Waals surface area (Å²) in [6.45, 7) is 16.3. The number of carbonyl (C=O) groups is 1. The van der Waals surface area contributed by atoms with Gasteiger partial charge in [-0.1, -0.05) is 32.9 Å². The van der Waals surface area contributed by atoms with Crippen LogP contribution in [0.4, 0.5) is 0 Å². The molecule has 0 radical (unpaired) electrons. The van der Waals surface area contributed by atoms with Crippen LogP contribution in [0.5, 0.6) is 0 Å². The summed E-state index contributed by atoms with van der Waals surface area (Å²) < 4.78 is 5.75. The second-order valence-corrected chi connectivity index (χ2v) is 5.83. The number of amides is 1. The minimum absolute atomic E-state index is 0.00971. The van der Waals surface area contributed by atoms with Crippen LogP contribution in [-0.4, -0.2) is 28.9 Å². The highest BCUT2D eigenvalue weighted by molar-refractivity contribution is 5.78. The normalized spacial score (nSPS) is 11.2. The van der Waals surface area contributed by atoms with Gasteiger partial charge in [0.05, 0.1) is 12.1 Å². The molecule has 4 heteroatoms. The first-order valence-electron chi connectivity index (χ1n) is 6.76. The maximum atomic E-state index is 12.2. The molecule has 0 saturated carbocycles. The zero-order chi connectivity index (χ0) is 15.3. The molecule has 0 aliphatic rings. The van der Waals surface area contributed by atoms with Crippen molar-refractivity contribution in [3.63, 3.8) is 0 Å². The molecule has 0 aromatic carbocycles. The number of hydrogen-bond donors (Lipinski definition) is 0. The maximum Gasteiger partial charge on any atom is 0.230 e. The van der Waals surface area contributed by atoms with E-state index in [9.17, 15) is 4.79 Å². The van der Waals surface area contributed by atoms with E-state index in [2.05, 4.69) is 18.1 Å². The van der Waals surface area contributed by atoms with E-state index in [1.165, 1.54) is 0 Å². The molecule has 1 amide bonds. The van der Waals surface area contributed by atoms with Crippen LogP contribution in [0.25, 0.3) is 0 Å². The van der Waals surface area contributed by atoms with Crippen LogP contribution in [0.3, 0.4) is 0 Å². The predicted molar refractivity (Wildman–Crippen MR) is 80.6 cm³/mol. The van der Waals surface area contributed by atoms with E-state index in [1.54, 1.807) is 17.1 Å². The first-order valence-corrected chi connectivity index (χ1v) is 6.76. The summed E-state index contributed by atoms with van der Waals surface area (Å²) in [4.78, 5) is 18.3. The number of aryl methyl sites for hydroxylation is 1. The largest absolute Gasteiger partial charge is 0.444 e. The summed E-state index contributed by atoms with van der Waals surface area (Å²) in [6.07, 6.45) is 3.63. The molecule has 1 rings (SSSR count). The minimum atomic E-state index is -0.159. The van der Waals surface area contributed by atoms with Gasteiger partial charge >= 0.3 is 0 Å². The third-order valence-corrected chi connectivity index (χ3v) is 2.90. The summed E-state index contributed by atoms with van der Waals surface area (Å²) in [5.41, 5.74) is 0.619. The molecule has 1 aromatic rings. The molecule has 0 N–H and O–H groups in total. The molecule has 110 valence electrons. The van der Waals surface area contributed by atoms with Gasteiger partial charge in [-0.15, -0.1) is 13.2 Å². The molecule has 20 heavy (non-hydrogen) atoms. The Kier molecular flexibility index (Phi) is 5.31. The lowest BCUT2D eigenvalue weighted by Gasteiger charge is -2.18. The Morgan fingerprint density at radius 2 is 1.85 bits per heavy atom. The Balaban J connectivity index is 2.86. The van der Waals surface area contributed by atoms with Crippen LogP contribution in [0.2, 0.25) is 0 Å². The van der Waals surface area contributed by atoms with Gasteiger partial charge in [0.2, 0.25) is 5.91 Å². The van der Waals surface area contributed by atoms with Gasteiger partial charge in [-0.25, -0.2) is 4.98 Å². The van der Waals surface area contributed by atoms with E-state index in [1.807, 2.05) is 27.7 Å². The monoisotopic (exact) mass is 276 g/mol. The molecule has 0 aliphatic heterocycles. The summed E-state index contributed by atoms with van der Waals surface area (Å²) in [6, 6.07) is 0. The SMILES string of the molecule is C=CCN(CC=C)C(=O)Cc1oc(C(C)(C)C)nc1C. The van der Waals surface area contributed by atoms with Gasteiger partial charge < -0.3 is 9.32 Å². The Bertz CT molecular complexity index is 485. The van der Waals surface area contributed by atoms with Crippen LogP contribution < -0.4 is 0 Å². The standard InChI is InChI=1S/C16H24N2O2/c1-7-9-18(10-8-2)14(19)11-13-12(3)17-15(20-13)16(4,5)6/h7-8H,1-2,9-11H2,3-6H3. The van der Waals surface area contributed by atoms with Gasteiger partial charge in [-0.05, 0) is 6.92 Å². The molecule has 0 bridgehead atoms. The van der Waals surface area contributed by atoms with E-state index in [4.69, 9.17) is 4.42 Å². The van der Waals surface area contributed by atoms with Crippen LogP contribution in [-0.2, 0) is 16.6 Å². The minimum Gasteiger partial charge on any atom is -0.444 e. The highest BCUT2D eigenvalue weighted by Crippen LogP contribution is 2.24. The van der Waals surface area contributed by atoms with E-state index in [0.717, 1.165) is 5.69 Å². The number of oxazole rings is 1. The summed E-state index contributed by atoms with van der Waals surface area (Å²) in [5, 5.41) is 0. The predicted octanol–water partition coefficient (Wildman–Crippen LogP) is 3.02. The van der Waals surface area contributed by atoms with Crippen LogP contribution in [0.15, 0.2) is 29.7 Å². The molecular weight excluding hydrogens is 252 g/mol. The van der Waals surface area contributed by atoms with E-state index in [-0.39, 0.29) is 17.7 Å². The summed E-state index contributed by atoms with van der Waals surface area (Å²) >= 11 is 0. The van der Waals surface area contributed by atoms with Crippen molar-refractivity contribution in [1.29, 1.82) is 0 Å². The van der Waals surface area contributed by atoms with Gasteiger partial charge in [-0.3, -0.25) is 4.79 Å². The van der Waals surface area contributed by atoms with Crippen molar-refractivity contribution in [2.45, 2.75) is 39.5 Å². The molecule has 0 fully saturated rings. The molecule has 0 aliphatic carbocycles.